The predicted molar refractivity (Wildman–Crippen MR) is 68.5 cm³/mol. The molecule has 1 heterocycles. The van der Waals surface area contributed by atoms with Crippen LogP contribution in [0.3, 0.4) is 0 Å². The lowest BCUT2D eigenvalue weighted by Gasteiger charge is -2.02. The van der Waals surface area contributed by atoms with Gasteiger partial charge in [-0.15, -0.1) is 11.8 Å². The molecule has 2 rings (SSSR count). The molecule has 0 unspecified atom stereocenters. The van der Waals surface area contributed by atoms with E-state index in [1.54, 1.807) is 17.8 Å². The Balaban J connectivity index is 2.30. The summed E-state index contributed by atoms with van der Waals surface area (Å²) >= 11 is 1.73. The molecule has 0 amide bonds. The van der Waals surface area contributed by atoms with Crippen LogP contribution in [0.25, 0.3) is 11.0 Å². The molecule has 6 heteroatoms. The number of benzene rings is 1. The number of hydrogen-bond acceptors (Lipinski definition) is 5. The number of fused-ring (bicyclic) bond motifs is 1. The smallest absolute Gasteiger partial charge is 0.288 e. The molecular weight excluding hydrogens is 236 g/mol. The van der Waals surface area contributed by atoms with Crippen LogP contribution < -0.4 is 10.6 Å². The maximum Gasteiger partial charge on any atom is 0.288 e. The molecule has 1 aromatic heterocycles. The maximum atomic E-state index is 11.6. The summed E-state index contributed by atoms with van der Waals surface area (Å²) in [6.07, 6.45) is 2.33. The van der Waals surface area contributed by atoms with Crippen LogP contribution in [0.5, 0.6) is 0 Å². The third-order valence-corrected chi connectivity index (χ3v) is 3.43. The summed E-state index contributed by atoms with van der Waals surface area (Å²) in [5.41, 5.74) is 6.45. The number of nitrogen functional groups attached to an aromatic ring is 1. The fourth-order valence-electron chi connectivity index (χ4n) is 1.47. The zero-order valence-electron chi connectivity index (χ0n) is 9.59. The highest BCUT2D eigenvalue weighted by Crippen LogP contribution is 2.22. The molecule has 0 aliphatic rings. The second-order valence-electron chi connectivity index (χ2n) is 3.70. The highest BCUT2D eigenvalue weighted by atomic mass is 32.2. The quantitative estimate of drug-likeness (QED) is 0.387. The normalized spacial score (nSPS) is 10.9. The Hall–Kier alpha value is -1.56. The number of hydrogen-bond donors (Lipinski definition) is 1. The van der Waals surface area contributed by atoms with Crippen LogP contribution in [-0.2, 0) is 0 Å². The van der Waals surface area contributed by atoms with Crippen molar-refractivity contribution in [2.45, 2.75) is 24.7 Å². The SMILES string of the molecule is CCCCSc1ccc2nc(N)n[n+]([O-])c2c1. The van der Waals surface area contributed by atoms with Crippen molar-refractivity contribution in [3.8, 4) is 0 Å². The van der Waals surface area contributed by atoms with Gasteiger partial charge >= 0.3 is 0 Å². The summed E-state index contributed by atoms with van der Waals surface area (Å²) in [5, 5.41) is 15.1. The summed E-state index contributed by atoms with van der Waals surface area (Å²) in [7, 11) is 0. The first-order valence-corrected chi connectivity index (χ1v) is 6.49. The van der Waals surface area contributed by atoms with E-state index in [0.29, 0.717) is 15.9 Å². The van der Waals surface area contributed by atoms with Gasteiger partial charge < -0.3 is 10.9 Å². The lowest BCUT2D eigenvalue weighted by molar-refractivity contribution is -0.641. The van der Waals surface area contributed by atoms with Crippen molar-refractivity contribution < 1.29 is 4.85 Å². The predicted octanol–water partition coefficient (Wildman–Crippen LogP) is 1.74. The van der Waals surface area contributed by atoms with Crippen LogP contribution in [0.4, 0.5) is 5.95 Å². The molecule has 0 bridgehead atoms. The molecule has 2 aromatic rings. The Morgan fingerprint density at radius 3 is 3.06 bits per heavy atom. The van der Waals surface area contributed by atoms with E-state index in [1.807, 2.05) is 12.1 Å². The molecular formula is C11H14N4OS. The van der Waals surface area contributed by atoms with Gasteiger partial charge in [0.25, 0.3) is 11.5 Å². The van der Waals surface area contributed by atoms with E-state index in [1.165, 1.54) is 6.42 Å². The molecule has 0 atom stereocenters. The highest BCUT2D eigenvalue weighted by molar-refractivity contribution is 7.99. The zero-order chi connectivity index (χ0) is 12.3. The summed E-state index contributed by atoms with van der Waals surface area (Å²) in [4.78, 5) is 5.60. The van der Waals surface area contributed by atoms with Crippen LogP contribution in [0.2, 0.25) is 0 Å². The molecule has 0 aliphatic carbocycles. The fraction of sp³-hybridized carbons (Fsp3) is 0.364. The summed E-state index contributed by atoms with van der Waals surface area (Å²) in [6, 6.07) is 5.56. The zero-order valence-corrected chi connectivity index (χ0v) is 10.4. The number of thioether (sulfide) groups is 1. The Morgan fingerprint density at radius 2 is 2.29 bits per heavy atom. The number of aromatic nitrogens is 3. The number of nitrogens with two attached hydrogens (primary N) is 1. The Kier molecular flexibility index (Phi) is 3.63. The third kappa shape index (κ3) is 2.76. The molecule has 0 fully saturated rings. The van der Waals surface area contributed by atoms with Gasteiger partial charge in [0.2, 0.25) is 0 Å². The summed E-state index contributed by atoms with van der Waals surface area (Å²) < 4.78 is 0. The van der Waals surface area contributed by atoms with E-state index in [-0.39, 0.29) is 5.95 Å². The molecule has 2 N–H and O–H groups in total. The van der Waals surface area contributed by atoms with Gasteiger partial charge in [-0.3, -0.25) is 0 Å². The highest BCUT2D eigenvalue weighted by Gasteiger charge is 2.09. The van der Waals surface area contributed by atoms with E-state index in [0.717, 1.165) is 17.1 Å². The lowest BCUT2D eigenvalue weighted by atomic mass is 10.3. The van der Waals surface area contributed by atoms with Gasteiger partial charge in [-0.1, -0.05) is 13.3 Å². The average molecular weight is 250 g/mol. The minimum absolute atomic E-state index is 0.00103. The summed E-state index contributed by atoms with van der Waals surface area (Å²) in [5.74, 6) is 1.05. The first kappa shape index (κ1) is 11.9. The van der Waals surface area contributed by atoms with E-state index in [2.05, 4.69) is 17.0 Å². The van der Waals surface area contributed by atoms with Gasteiger partial charge in [-0.25, -0.2) is 4.98 Å². The van der Waals surface area contributed by atoms with E-state index in [9.17, 15) is 5.21 Å². The first-order valence-electron chi connectivity index (χ1n) is 5.50. The van der Waals surface area contributed by atoms with Crippen molar-refractivity contribution in [1.29, 1.82) is 0 Å². The number of anilines is 1. The molecule has 0 saturated carbocycles. The second kappa shape index (κ2) is 5.18. The van der Waals surface area contributed by atoms with Crippen molar-refractivity contribution in [2.24, 2.45) is 0 Å². The monoisotopic (exact) mass is 250 g/mol. The van der Waals surface area contributed by atoms with Gasteiger partial charge in [0.15, 0.2) is 0 Å². The topological polar surface area (TPSA) is 78.7 Å². The van der Waals surface area contributed by atoms with E-state index >= 15 is 0 Å². The standard InChI is InChI=1S/C11H14N4OS/c1-2-3-6-17-8-4-5-9-10(7-8)15(16)14-11(12)13-9/h4-5,7H,2-3,6H2,1H3,(H2,12,13,14). The van der Waals surface area contributed by atoms with Gasteiger partial charge in [-0.05, 0) is 29.2 Å². The number of unbranched alkanes of at least 4 members (excludes halogenated alkanes) is 1. The lowest BCUT2D eigenvalue weighted by Crippen LogP contribution is -2.33. The van der Waals surface area contributed by atoms with Crippen molar-refractivity contribution in [2.75, 3.05) is 11.5 Å². The van der Waals surface area contributed by atoms with Crippen LogP contribution in [0.1, 0.15) is 19.8 Å². The van der Waals surface area contributed by atoms with Crippen LogP contribution in [-0.4, -0.2) is 15.8 Å². The molecule has 5 nitrogen and oxygen atoms in total. The van der Waals surface area contributed by atoms with Gasteiger partial charge in [0.05, 0.1) is 5.10 Å². The molecule has 0 radical (unpaired) electrons. The second-order valence-corrected chi connectivity index (χ2v) is 4.86. The number of nitrogens with zero attached hydrogens (tertiary/aromatic N) is 3. The third-order valence-electron chi connectivity index (χ3n) is 2.35. The average Bonchev–Trinajstić information content (AvgIpc) is 2.30. The molecule has 17 heavy (non-hydrogen) atoms. The Morgan fingerprint density at radius 1 is 1.47 bits per heavy atom. The van der Waals surface area contributed by atoms with Gasteiger partial charge in [-0.2, -0.15) is 0 Å². The van der Waals surface area contributed by atoms with Crippen molar-refractivity contribution in [3.05, 3.63) is 23.4 Å². The van der Waals surface area contributed by atoms with Gasteiger partial charge in [0.1, 0.15) is 5.52 Å². The van der Waals surface area contributed by atoms with Crippen molar-refractivity contribution in [3.63, 3.8) is 0 Å². The first-order chi connectivity index (χ1) is 8.20. The van der Waals surface area contributed by atoms with E-state index < -0.39 is 0 Å². The molecule has 1 aromatic carbocycles. The minimum Gasteiger partial charge on any atom is -0.594 e. The van der Waals surface area contributed by atoms with Crippen molar-refractivity contribution in [1.82, 2.24) is 10.1 Å². The Labute approximate surface area is 104 Å². The largest absolute Gasteiger partial charge is 0.594 e. The molecule has 0 spiro atoms. The van der Waals surface area contributed by atoms with Crippen LogP contribution >= 0.6 is 11.8 Å². The summed E-state index contributed by atoms with van der Waals surface area (Å²) in [6.45, 7) is 2.16. The molecule has 0 saturated heterocycles. The van der Waals surface area contributed by atoms with Crippen LogP contribution in [0.15, 0.2) is 23.1 Å². The maximum absolute atomic E-state index is 11.6. The van der Waals surface area contributed by atoms with Crippen molar-refractivity contribution >= 4 is 28.7 Å². The van der Waals surface area contributed by atoms with Gasteiger partial charge in [0, 0.05) is 11.0 Å². The molecule has 0 aliphatic heterocycles. The fourth-order valence-corrected chi connectivity index (χ4v) is 2.50. The van der Waals surface area contributed by atoms with E-state index in [4.69, 9.17) is 5.73 Å². The minimum atomic E-state index is -0.00103. The Bertz CT molecular complexity index is 532. The number of rotatable bonds is 4. The van der Waals surface area contributed by atoms with Crippen LogP contribution in [0, 0.1) is 5.21 Å². The molecule has 90 valence electrons.